The maximum absolute atomic E-state index is 12.3. The van der Waals surface area contributed by atoms with E-state index < -0.39 is 17.7 Å². The summed E-state index contributed by atoms with van der Waals surface area (Å²) in [5.74, 6) is -0.630. The van der Waals surface area contributed by atoms with Crippen LogP contribution in [-0.2, 0) is 22.6 Å². The van der Waals surface area contributed by atoms with E-state index in [0.717, 1.165) is 0 Å². The topological polar surface area (TPSA) is 90.7 Å². The first kappa shape index (κ1) is 18.0. The average Bonchev–Trinajstić information content (AvgIpc) is 2.84. The van der Waals surface area contributed by atoms with E-state index in [4.69, 9.17) is 9.47 Å². The smallest absolute Gasteiger partial charge is 0.410 e. The number of nitrogens with zero attached hydrogens (tertiary/aromatic N) is 3. The Labute approximate surface area is 140 Å². The van der Waals surface area contributed by atoms with Crippen molar-refractivity contribution in [2.75, 3.05) is 13.2 Å². The molecule has 24 heavy (non-hydrogen) atoms. The molecule has 1 aromatic heterocycles. The minimum absolute atomic E-state index is 0.0790. The van der Waals surface area contributed by atoms with Crippen molar-refractivity contribution < 1.29 is 23.9 Å². The number of amides is 1. The van der Waals surface area contributed by atoms with Gasteiger partial charge in [0.25, 0.3) is 0 Å². The highest BCUT2D eigenvalue weighted by Crippen LogP contribution is 2.22. The monoisotopic (exact) mass is 337 g/mol. The average molecular weight is 337 g/mol. The maximum atomic E-state index is 12.3. The van der Waals surface area contributed by atoms with E-state index in [1.54, 1.807) is 32.3 Å². The van der Waals surface area contributed by atoms with Crippen molar-refractivity contribution in [2.24, 2.45) is 0 Å². The summed E-state index contributed by atoms with van der Waals surface area (Å²) in [5, 5.41) is 0. The third kappa shape index (κ3) is 3.74. The number of rotatable bonds is 3. The zero-order valence-corrected chi connectivity index (χ0v) is 14.7. The molecule has 0 bridgehead atoms. The molecule has 132 valence electrons. The lowest BCUT2D eigenvalue weighted by Gasteiger charge is -2.31. The second-order valence-electron chi connectivity index (χ2n) is 6.56. The van der Waals surface area contributed by atoms with E-state index in [-0.39, 0.29) is 30.5 Å². The predicted octanol–water partition coefficient (Wildman–Crippen LogP) is 2.01. The highest BCUT2D eigenvalue weighted by molar-refractivity contribution is 5.95. The van der Waals surface area contributed by atoms with Crippen LogP contribution in [0.2, 0.25) is 0 Å². The third-order valence-corrected chi connectivity index (χ3v) is 3.44. The molecule has 0 saturated carbocycles. The summed E-state index contributed by atoms with van der Waals surface area (Å²) in [6.07, 6.45) is -0.464. The van der Waals surface area contributed by atoms with Gasteiger partial charge in [0.15, 0.2) is 17.3 Å². The van der Waals surface area contributed by atoms with E-state index >= 15 is 0 Å². The van der Waals surface area contributed by atoms with Gasteiger partial charge in [-0.1, -0.05) is 0 Å². The van der Waals surface area contributed by atoms with Crippen LogP contribution in [0.3, 0.4) is 0 Å². The van der Waals surface area contributed by atoms with Crippen LogP contribution >= 0.6 is 0 Å². The van der Waals surface area contributed by atoms with Gasteiger partial charge >= 0.3 is 12.1 Å². The molecular weight excluding hydrogens is 314 g/mol. The lowest BCUT2D eigenvalue weighted by molar-refractivity contribution is 0.0194. The van der Waals surface area contributed by atoms with Crippen LogP contribution in [0.5, 0.6) is 0 Å². The van der Waals surface area contributed by atoms with Crippen molar-refractivity contribution >= 4 is 17.8 Å². The Bertz CT molecular complexity index is 672. The van der Waals surface area contributed by atoms with Crippen LogP contribution in [-0.4, -0.2) is 51.0 Å². The van der Waals surface area contributed by atoms with Crippen LogP contribution in [0.15, 0.2) is 0 Å². The molecule has 2 rings (SSSR count). The second kappa shape index (κ2) is 6.62. The van der Waals surface area contributed by atoms with Crippen molar-refractivity contribution in [1.82, 2.24) is 14.5 Å². The van der Waals surface area contributed by atoms with Gasteiger partial charge in [-0.25, -0.2) is 14.6 Å². The Balaban J connectivity index is 2.33. The number of imidazole rings is 1. The first-order chi connectivity index (χ1) is 11.1. The number of ether oxygens (including phenoxy) is 2. The molecule has 0 saturated heterocycles. The number of ketones is 1. The fraction of sp³-hybridized carbons (Fsp3) is 0.625. The number of hydrogen-bond acceptors (Lipinski definition) is 6. The Morgan fingerprint density at radius 2 is 1.88 bits per heavy atom. The summed E-state index contributed by atoms with van der Waals surface area (Å²) in [6, 6.07) is 0. The number of carbonyl (C=O) groups is 3. The standard InChI is InChI=1S/C16H23N3O5/c1-6-23-14(21)12-11-9-18(15(22)24-16(3,4)5)7-8-19(11)13(17-12)10(2)20/h6-9H2,1-5H3. The molecule has 0 unspecified atom stereocenters. The molecule has 1 aliphatic rings. The Kier molecular flexibility index (Phi) is 4.96. The first-order valence-corrected chi connectivity index (χ1v) is 7.89. The van der Waals surface area contributed by atoms with Crippen molar-refractivity contribution in [2.45, 2.75) is 53.3 Å². The van der Waals surface area contributed by atoms with Gasteiger partial charge in [-0.2, -0.15) is 0 Å². The molecular formula is C16H23N3O5. The molecule has 0 aromatic carbocycles. The second-order valence-corrected chi connectivity index (χ2v) is 6.56. The van der Waals surface area contributed by atoms with E-state index in [2.05, 4.69) is 4.98 Å². The molecule has 0 atom stereocenters. The number of hydrogen-bond donors (Lipinski definition) is 0. The van der Waals surface area contributed by atoms with E-state index in [1.807, 2.05) is 0 Å². The molecule has 8 nitrogen and oxygen atoms in total. The zero-order valence-electron chi connectivity index (χ0n) is 14.7. The van der Waals surface area contributed by atoms with Gasteiger partial charge < -0.3 is 18.9 Å². The summed E-state index contributed by atoms with van der Waals surface area (Å²) >= 11 is 0. The Morgan fingerprint density at radius 1 is 1.21 bits per heavy atom. The molecule has 8 heteroatoms. The van der Waals surface area contributed by atoms with Gasteiger partial charge in [-0.3, -0.25) is 4.79 Å². The van der Waals surface area contributed by atoms with E-state index in [9.17, 15) is 14.4 Å². The van der Waals surface area contributed by atoms with E-state index in [1.165, 1.54) is 11.8 Å². The number of Topliss-reactive ketones (excluding diaryl/α,β-unsaturated/α-hetero) is 1. The first-order valence-electron chi connectivity index (χ1n) is 7.89. The molecule has 0 fully saturated rings. The van der Waals surface area contributed by atoms with Gasteiger partial charge in [0.1, 0.15) is 5.60 Å². The highest BCUT2D eigenvalue weighted by atomic mass is 16.6. The molecule has 0 aliphatic carbocycles. The van der Waals surface area contributed by atoms with Crippen molar-refractivity contribution in [3.05, 3.63) is 17.2 Å². The van der Waals surface area contributed by atoms with Gasteiger partial charge in [0.05, 0.1) is 18.8 Å². The third-order valence-electron chi connectivity index (χ3n) is 3.44. The summed E-state index contributed by atoms with van der Waals surface area (Å²) in [6.45, 7) is 9.55. The number of aromatic nitrogens is 2. The molecule has 0 spiro atoms. The van der Waals surface area contributed by atoms with Gasteiger partial charge in [-0.15, -0.1) is 0 Å². The number of fused-ring (bicyclic) bond motifs is 1. The number of esters is 1. The van der Waals surface area contributed by atoms with Crippen LogP contribution in [0.1, 0.15) is 61.4 Å². The van der Waals surface area contributed by atoms with Crippen molar-refractivity contribution in [3.8, 4) is 0 Å². The molecule has 2 heterocycles. The number of carbonyl (C=O) groups excluding carboxylic acids is 3. The van der Waals surface area contributed by atoms with Crippen molar-refractivity contribution in [3.63, 3.8) is 0 Å². The van der Waals surface area contributed by atoms with Crippen molar-refractivity contribution in [1.29, 1.82) is 0 Å². The summed E-state index contributed by atoms with van der Waals surface area (Å²) in [7, 11) is 0. The van der Waals surface area contributed by atoms with Crippen LogP contribution in [0.4, 0.5) is 4.79 Å². The Morgan fingerprint density at radius 3 is 2.42 bits per heavy atom. The molecule has 0 N–H and O–H groups in total. The van der Waals surface area contributed by atoms with Gasteiger partial charge in [0.2, 0.25) is 0 Å². The van der Waals surface area contributed by atoms with Crippen LogP contribution < -0.4 is 0 Å². The molecule has 0 radical (unpaired) electrons. The molecule has 1 aromatic rings. The summed E-state index contributed by atoms with van der Waals surface area (Å²) in [5.41, 5.74) is -0.0328. The maximum Gasteiger partial charge on any atom is 0.410 e. The lowest BCUT2D eigenvalue weighted by atomic mass is 10.2. The fourth-order valence-electron chi connectivity index (χ4n) is 2.48. The largest absolute Gasteiger partial charge is 0.461 e. The van der Waals surface area contributed by atoms with Gasteiger partial charge in [0, 0.05) is 20.0 Å². The minimum atomic E-state index is -0.608. The van der Waals surface area contributed by atoms with E-state index in [0.29, 0.717) is 18.8 Å². The zero-order chi connectivity index (χ0) is 18.1. The summed E-state index contributed by atoms with van der Waals surface area (Å²) < 4.78 is 12.0. The SMILES string of the molecule is CCOC(=O)c1nc(C(C)=O)n2c1CN(C(=O)OC(C)(C)C)CC2. The fourth-order valence-corrected chi connectivity index (χ4v) is 2.48. The Hall–Kier alpha value is -2.38. The highest BCUT2D eigenvalue weighted by Gasteiger charge is 2.32. The molecule has 1 aliphatic heterocycles. The lowest BCUT2D eigenvalue weighted by Crippen LogP contribution is -2.42. The van der Waals surface area contributed by atoms with Crippen LogP contribution in [0.25, 0.3) is 0 Å². The predicted molar refractivity (Wildman–Crippen MR) is 84.8 cm³/mol. The normalized spacial score (nSPS) is 14.1. The van der Waals surface area contributed by atoms with Crippen LogP contribution in [0, 0.1) is 0 Å². The molecule has 1 amide bonds. The minimum Gasteiger partial charge on any atom is -0.461 e. The summed E-state index contributed by atoms with van der Waals surface area (Å²) in [4.78, 5) is 41.8. The van der Waals surface area contributed by atoms with Gasteiger partial charge in [-0.05, 0) is 27.7 Å². The quantitative estimate of drug-likeness (QED) is 0.619.